The molecule has 1 aromatic carbocycles. The van der Waals surface area contributed by atoms with Crippen LogP contribution in [-0.2, 0) is 6.54 Å². The Kier molecular flexibility index (Phi) is 3.79. The monoisotopic (exact) mass is 376 g/mol. The molecular formula is C16H13ClN4OS2. The minimum Gasteiger partial charge on any atom is -0.378 e. The summed E-state index contributed by atoms with van der Waals surface area (Å²) in [6, 6.07) is 7.46. The number of aryl methyl sites for hydroxylation is 2. The third-order valence-corrected chi connectivity index (χ3v) is 6.12. The predicted molar refractivity (Wildman–Crippen MR) is 101 cm³/mol. The highest BCUT2D eigenvalue weighted by molar-refractivity contribution is 7.19. The zero-order chi connectivity index (χ0) is 16.8. The minimum absolute atomic E-state index is 0.0918. The molecule has 0 fully saturated rings. The zero-order valence-corrected chi connectivity index (χ0v) is 15.3. The molecule has 5 nitrogen and oxygen atoms in total. The van der Waals surface area contributed by atoms with Gasteiger partial charge in [0.05, 0.1) is 11.9 Å². The van der Waals surface area contributed by atoms with Crippen molar-refractivity contribution < 1.29 is 0 Å². The quantitative estimate of drug-likeness (QED) is 0.580. The average molecular weight is 377 g/mol. The summed E-state index contributed by atoms with van der Waals surface area (Å²) in [5.41, 5.74) is 1.85. The van der Waals surface area contributed by atoms with Gasteiger partial charge >= 0.3 is 0 Å². The summed E-state index contributed by atoms with van der Waals surface area (Å²) >= 11 is 8.86. The maximum Gasteiger partial charge on any atom is 0.284 e. The first-order valence-corrected chi connectivity index (χ1v) is 9.32. The summed E-state index contributed by atoms with van der Waals surface area (Å²) in [6.45, 7) is 4.49. The SMILES string of the molecule is Cc1sc2nc3sc(CNc4ccc(Cl)cc4)nn3c(=O)c2c1C. The fourth-order valence-corrected chi connectivity index (χ4v) is 4.50. The van der Waals surface area contributed by atoms with Gasteiger partial charge in [0, 0.05) is 15.6 Å². The van der Waals surface area contributed by atoms with Crippen molar-refractivity contribution in [1.29, 1.82) is 0 Å². The number of hydrogen-bond donors (Lipinski definition) is 1. The van der Waals surface area contributed by atoms with E-state index in [-0.39, 0.29) is 5.56 Å². The van der Waals surface area contributed by atoms with Gasteiger partial charge in [-0.2, -0.15) is 9.61 Å². The summed E-state index contributed by atoms with van der Waals surface area (Å²) in [6.07, 6.45) is 0. The topological polar surface area (TPSA) is 59.3 Å². The summed E-state index contributed by atoms with van der Waals surface area (Å²) < 4.78 is 1.41. The van der Waals surface area contributed by atoms with Crippen LogP contribution in [0.3, 0.4) is 0 Å². The van der Waals surface area contributed by atoms with Gasteiger partial charge in [-0.15, -0.1) is 11.3 Å². The second-order valence-electron chi connectivity index (χ2n) is 5.43. The second-order valence-corrected chi connectivity index (χ2v) is 8.11. The Morgan fingerprint density at radius 3 is 2.71 bits per heavy atom. The number of hydrogen-bond acceptors (Lipinski definition) is 6. The smallest absolute Gasteiger partial charge is 0.284 e. The molecule has 0 aliphatic heterocycles. The lowest BCUT2D eigenvalue weighted by atomic mass is 10.2. The standard InChI is InChI=1S/C16H13ClN4OS2/c1-8-9(2)23-14-13(8)15(22)21-16(19-14)24-12(20-21)7-18-11-5-3-10(17)4-6-11/h3-6,18H,7H2,1-2H3. The van der Waals surface area contributed by atoms with Crippen LogP contribution in [0.2, 0.25) is 5.02 Å². The van der Waals surface area contributed by atoms with Gasteiger partial charge in [0.2, 0.25) is 4.96 Å². The molecule has 1 N–H and O–H groups in total. The minimum atomic E-state index is -0.0918. The number of nitrogens with zero attached hydrogens (tertiary/aromatic N) is 3. The predicted octanol–water partition coefficient (Wildman–Crippen LogP) is 4.25. The van der Waals surface area contributed by atoms with E-state index in [4.69, 9.17) is 11.6 Å². The number of rotatable bonds is 3. The Labute approximate surface area is 150 Å². The molecule has 0 atom stereocenters. The Morgan fingerprint density at radius 2 is 1.96 bits per heavy atom. The molecule has 3 aromatic heterocycles. The fourth-order valence-electron chi connectivity index (χ4n) is 2.48. The molecule has 3 heterocycles. The summed E-state index contributed by atoms with van der Waals surface area (Å²) in [5, 5.41) is 9.88. The van der Waals surface area contributed by atoms with E-state index in [1.807, 2.05) is 38.1 Å². The number of halogens is 1. The number of aromatic nitrogens is 3. The molecule has 0 amide bonds. The van der Waals surface area contributed by atoms with Crippen LogP contribution in [0.1, 0.15) is 15.4 Å². The number of anilines is 1. The van der Waals surface area contributed by atoms with Gasteiger partial charge in [-0.05, 0) is 43.7 Å². The molecule has 8 heteroatoms. The molecule has 0 saturated carbocycles. The highest BCUT2D eigenvalue weighted by Crippen LogP contribution is 2.27. The van der Waals surface area contributed by atoms with E-state index in [0.717, 1.165) is 26.0 Å². The van der Waals surface area contributed by atoms with Gasteiger partial charge in [-0.3, -0.25) is 4.79 Å². The van der Waals surface area contributed by atoms with Gasteiger partial charge in [0.1, 0.15) is 9.84 Å². The van der Waals surface area contributed by atoms with E-state index in [1.165, 1.54) is 15.9 Å². The van der Waals surface area contributed by atoms with E-state index in [0.29, 0.717) is 21.9 Å². The third-order valence-electron chi connectivity index (χ3n) is 3.86. The largest absolute Gasteiger partial charge is 0.378 e. The van der Waals surface area contributed by atoms with Crippen molar-refractivity contribution in [3.8, 4) is 0 Å². The highest BCUT2D eigenvalue weighted by atomic mass is 35.5. The lowest BCUT2D eigenvalue weighted by Gasteiger charge is -2.02. The van der Waals surface area contributed by atoms with E-state index < -0.39 is 0 Å². The Balaban J connectivity index is 1.70. The molecule has 0 spiro atoms. The molecule has 0 radical (unpaired) electrons. The molecule has 0 aliphatic carbocycles. The van der Waals surface area contributed by atoms with Gasteiger partial charge in [-0.1, -0.05) is 22.9 Å². The number of thiophene rings is 1. The van der Waals surface area contributed by atoms with Crippen LogP contribution in [0, 0.1) is 13.8 Å². The number of nitrogens with one attached hydrogen (secondary N) is 1. The lowest BCUT2D eigenvalue weighted by molar-refractivity contribution is 0.874. The van der Waals surface area contributed by atoms with Crippen molar-refractivity contribution in [2.75, 3.05) is 5.32 Å². The Bertz CT molecular complexity index is 1110. The van der Waals surface area contributed by atoms with Crippen LogP contribution >= 0.6 is 34.3 Å². The third kappa shape index (κ3) is 2.58. The van der Waals surface area contributed by atoms with Crippen LogP contribution in [-0.4, -0.2) is 14.6 Å². The normalized spacial score (nSPS) is 11.5. The average Bonchev–Trinajstić information content (AvgIpc) is 3.09. The molecular weight excluding hydrogens is 364 g/mol. The molecule has 0 aliphatic rings. The zero-order valence-electron chi connectivity index (χ0n) is 13.0. The first-order valence-electron chi connectivity index (χ1n) is 7.31. The molecule has 24 heavy (non-hydrogen) atoms. The summed E-state index contributed by atoms with van der Waals surface area (Å²) in [5.74, 6) is 0. The molecule has 4 rings (SSSR count). The van der Waals surface area contributed by atoms with Crippen molar-refractivity contribution in [3.63, 3.8) is 0 Å². The van der Waals surface area contributed by atoms with Gasteiger partial charge < -0.3 is 5.32 Å². The van der Waals surface area contributed by atoms with Crippen molar-refractivity contribution >= 4 is 55.1 Å². The van der Waals surface area contributed by atoms with Crippen molar-refractivity contribution in [2.45, 2.75) is 20.4 Å². The van der Waals surface area contributed by atoms with Crippen molar-refractivity contribution in [1.82, 2.24) is 14.6 Å². The van der Waals surface area contributed by atoms with Gasteiger partial charge in [-0.25, -0.2) is 4.98 Å². The highest BCUT2D eigenvalue weighted by Gasteiger charge is 2.15. The van der Waals surface area contributed by atoms with Crippen LogP contribution in [0.5, 0.6) is 0 Å². The van der Waals surface area contributed by atoms with E-state index in [1.54, 1.807) is 11.3 Å². The number of fused-ring (bicyclic) bond motifs is 2. The maximum absolute atomic E-state index is 12.7. The van der Waals surface area contributed by atoms with Gasteiger partial charge in [0.25, 0.3) is 5.56 Å². The second kappa shape index (κ2) is 5.84. The summed E-state index contributed by atoms with van der Waals surface area (Å²) in [7, 11) is 0. The first-order chi connectivity index (χ1) is 11.5. The van der Waals surface area contributed by atoms with Crippen molar-refractivity contribution in [2.24, 2.45) is 0 Å². The molecule has 0 unspecified atom stereocenters. The number of benzene rings is 1. The van der Waals surface area contributed by atoms with Crippen LogP contribution in [0.25, 0.3) is 15.2 Å². The maximum atomic E-state index is 12.7. The van der Waals surface area contributed by atoms with Crippen LogP contribution in [0.15, 0.2) is 29.1 Å². The Hall–Kier alpha value is -1.96. The lowest BCUT2D eigenvalue weighted by Crippen LogP contribution is -2.15. The van der Waals surface area contributed by atoms with E-state index >= 15 is 0 Å². The molecule has 0 bridgehead atoms. The summed E-state index contributed by atoms with van der Waals surface area (Å²) in [4.78, 5) is 19.8. The first kappa shape index (κ1) is 15.6. The van der Waals surface area contributed by atoms with E-state index in [9.17, 15) is 4.79 Å². The van der Waals surface area contributed by atoms with Gasteiger partial charge in [0.15, 0.2) is 0 Å². The fraction of sp³-hybridized carbons (Fsp3) is 0.188. The Morgan fingerprint density at radius 1 is 1.21 bits per heavy atom. The molecule has 122 valence electrons. The van der Waals surface area contributed by atoms with E-state index in [2.05, 4.69) is 15.4 Å². The molecule has 0 saturated heterocycles. The van der Waals surface area contributed by atoms with Crippen LogP contribution < -0.4 is 10.9 Å². The van der Waals surface area contributed by atoms with Crippen molar-refractivity contribution in [3.05, 3.63) is 55.1 Å². The van der Waals surface area contributed by atoms with Crippen LogP contribution in [0.4, 0.5) is 5.69 Å². The molecule has 4 aromatic rings.